The summed E-state index contributed by atoms with van der Waals surface area (Å²) in [5.74, 6) is 0. The van der Waals surface area contributed by atoms with Gasteiger partial charge in [0.2, 0.25) is 0 Å². The molecule has 0 fully saturated rings. The molecule has 0 heterocycles. The molecule has 0 spiro atoms. The van der Waals surface area contributed by atoms with E-state index in [1.165, 1.54) is 33.0 Å². The monoisotopic (exact) mass is 329 g/mol. The topological polar surface area (TPSA) is 29.5 Å². The van der Waals surface area contributed by atoms with Crippen LogP contribution in [0.15, 0.2) is 54.6 Å². The van der Waals surface area contributed by atoms with Gasteiger partial charge in [-0.25, -0.2) is 0 Å². The second kappa shape index (κ2) is 5.45. The molecule has 3 heteroatoms. The van der Waals surface area contributed by atoms with Crippen molar-refractivity contribution in [1.29, 1.82) is 0 Å². The van der Waals surface area contributed by atoms with Gasteiger partial charge in [0, 0.05) is 0 Å². The third-order valence-electron chi connectivity index (χ3n) is 5.49. The van der Waals surface area contributed by atoms with E-state index in [-0.39, 0.29) is 0 Å². The minimum Gasteiger partial charge on any atom is -0.427 e. The molecule has 0 aromatic heterocycles. The van der Waals surface area contributed by atoms with E-state index in [0.717, 1.165) is 5.46 Å². The Morgan fingerprint density at radius 1 is 0.800 bits per heavy atom. The molecule has 1 aliphatic carbocycles. The van der Waals surface area contributed by atoms with Crippen LogP contribution < -0.4 is 5.46 Å². The van der Waals surface area contributed by atoms with E-state index in [9.17, 15) is 5.11 Å². The van der Waals surface area contributed by atoms with Crippen molar-refractivity contribution in [3.05, 3.63) is 54.6 Å². The first kappa shape index (κ1) is 16.4. The van der Waals surface area contributed by atoms with E-state index in [0.29, 0.717) is 0 Å². The summed E-state index contributed by atoms with van der Waals surface area (Å²) in [5, 5.41) is 12.9. The SMILES string of the molecule is CC(C)(O)C(C)(C)O[B]c1ccc2c(c1)-c1cccc3cccc-2c13. The maximum absolute atomic E-state index is 10.3. The molecule has 0 bridgehead atoms. The summed E-state index contributed by atoms with van der Waals surface area (Å²) in [6, 6.07) is 19.3. The van der Waals surface area contributed by atoms with Gasteiger partial charge in [-0.3, -0.25) is 0 Å². The third-order valence-corrected chi connectivity index (χ3v) is 5.49. The van der Waals surface area contributed by atoms with Gasteiger partial charge in [0.1, 0.15) is 0 Å². The Morgan fingerprint density at radius 3 is 2.08 bits per heavy atom. The zero-order chi connectivity index (χ0) is 17.8. The van der Waals surface area contributed by atoms with E-state index >= 15 is 0 Å². The van der Waals surface area contributed by atoms with Gasteiger partial charge in [-0.15, -0.1) is 0 Å². The molecular weight excluding hydrogens is 307 g/mol. The summed E-state index contributed by atoms with van der Waals surface area (Å²) in [6.45, 7) is 7.32. The third kappa shape index (κ3) is 2.59. The van der Waals surface area contributed by atoms with Crippen molar-refractivity contribution in [3.63, 3.8) is 0 Å². The van der Waals surface area contributed by atoms with E-state index in [2.05, 4.69) is 54.6 Å². The zero-order valence-electron chi connectivity index (χ0n) is 15.1. The van der Waals surface area contributed by atoms with Gasteiger partial charge < -0.3 is 9.76 Å². The first-order chi connectivity index (χ1) is 11.8. The van der Waals surface area contributed by atoms with Gasteiger partial charge in [-0.2, -0.15) is 0 Å². The van der Waals surface area contributed by atoms with Gasteiger partial charge in [-0.05, 0) is 60.7 Å². The normalized spacial score (nSPS) is 13.2. The molecule has 0 aliphatic heterocycles. The largest absolute Gasteiger partial charge is 0.427 e. The van der Waals surface area contributed by atoms with Crippen molar-refractivity contribution in [3.8, 4) is 22.3 Å². The van der Waals surface area contributed by atoms with Crippen LogP contribution in [0.4, 0.5) is 0 Å². The second-order valence-corrected chi connectivity index (χ2v) is 7.82. The highest BCUT2D eigenvalue weighted by Gasteiger charge is 2.35. The Kier molecular flexibility index (Phi) is 3.57. The molecule has 1 aliphatic rings. The highest BCUT2D eigenvalue weighted by molar-refractivity contribution is 6.47. The van der Waals surface area contributed by atoms with Gasteiger partial charge in [0.05, 0.1) is 11.2 Å². The predicted molar refractivity (Wildman–Crippen MR) is 105 cm³/mol. The lowest BCUT2D eigenvalue weighted by Gasteiger charge is -2.37. The Labute approximate surface area is 149 Å². The molecule has 2 nitrogen and oxygen atoms in total. The van der Waals surface area contributed by atoms with Gasteiger partial charge in [0.15, 0.2) is 0 Å². The summed E-state index contributed by atoms with van der Waals surface area (Å²) in [5.41, 5.74) is 4.49. The lowest BCUT2D eigenvalue weighted by molar-refractivity contribution is -0.0893. The second-order valence-electron chi connectivity index (χ2n) is 7.82. The van der Waals surface area contributed by atoms with Crippen LogP contribution in [-0.2, 0) is 4.65 Å². The highest BCUT2D eigenvalue weighted by atomic mass is 16.5. The van der Waals surface area contributed by atoms with Crippen molar-refractivity contribution in [2.45, 2.75) is 38.9 Å². The summed E-state index contributed by atoms with van der Waals surface area (Å²) >= 11 is 0. The number of fused-ring (bicyclic) bond motifs is 3. The van der Waals surface area contributed by atoms with Crippen LogP contribution in [0.3, 0.4) is 0 Å². The van der Waals surface area contributed by atoms with Crippen molar-refractivity contribution >= 4 is 23.7 Å². The van der Waals surface area contributed by atoms with Gasteiger partial charge >= 0.3 is 7.48 Å². The van der Waals surface area contributed by atoms with Crippen LogP contribution in [-0.4, -0.2) is 23.8 Å². The van der Waals surface area contributed by atoms with Crippen LogP contribution in [0, 0.1) is 0 Å². The Balaban J connectivity index is 1.70. The molecule has 25 heavy (non-hydrogen) atoms. The van der Waals surface area contributed by atoms with Crippen molar-refractivity contribution in [2.24, 2.45) is 0 Å². The molecule has 0 atom stereocenters. The molecule has 0 amide bonds. The Hall–Kier alpha value is -2.10. The molecule has 125 valence electrons. The maximum Gasteiger partial charge on any atom is 0.330 e. The number of rotatable bonds is 4. The highest BCUT2D eigenvalue weighted by Crippen LogP contribution is 2.46. The van der Waals surface area contributed by atoms with E-state index in [1.807, 2.05) is 13.8 Å². The fraction of sp³-hybridized carbons (Fsp3) is 0.273. The number of benzene rings is 3. The number of aliphatic hydroxyl groups is 1. The van der Waals surface area contributed by atoms with Crippen LogP contribution in [0.1, 0.15) is 27.7 Å². The average Bonchev–Trinajstić information content (AvgIpc) is 2.88. The van der Waals surface area contributed by atoms with Crippen molar-refractivity contribution < 1.29 is 9.76 Å². The van der Waals surface area contributed by atoms with E-state index in [4.69, 9.17) is 4.65 Å². The molecule has 0 saturated carbocycles. The molecule has 4 rings (SSSR count). The number of hydrogen-bond acceptors (Lipinski definition) is 2. The molecule has 3 aromatic carbocycles. The molecule has 1 radical (unpaired) electrons. The first-order valence-corrected chi connectivity index (χ1v) is 8.68. The fourth-order valence-electron chi connectivity index (χ4n) is 3.24. The van der Waals surface area contributed by atoms with Gasteiger partial charge in [-0.1, -0.05) is 60.1 Å². The summed E-state index contributed by atoms with van der Waals surface area (Å²) in [6.07, 6.45) is 0. The summed E-state index contributed by atoms with van der Waals surface area (Å²) in [4.78, 5) is 0. The zero-order valence-corrected chi connectivity index (χ0v) is 15.1. The van der Waals surface area contributed by atoms with Crippen molar-refractivity contribution in [1.82, 2.24) is 0 Å². The summed E-state index contributed by atoms with van der Waals surface area (Å²) < 4.78 is 5.91. The lowest BCUT2D eigenvalue weighted by Crippen LogP contribution is -2.49. The average molecular weight is 329 g/mol. The molecule has 0 unspecified atom stereocenters. The lowest BCUT2D eigenvalue weighted by atomic mass is 9.81. The summed E-state index contributed by atoms with van der Waals surface area (Å²) in [7, 11) is 1.75. The van der Waals surface area contributed by atoms with Crippen LogP contribution >= 0.6 is 0 Å². The molecule has 0 saturated heterocycles. The van der Waals surface area contributed by atoms with Crippen LogP contribution in [0.5, 0.6) is 0 Å². The minimum atomic E-state index is -0.929. The maximum atomic E-state index is 10.3. The predicted octanol–water partition coefficient (Wildman–Crippen LogP) is 4.30. The standard InChI is InChI=1S/C22H22BO2/c1-21(2,24)22(3,4)25-23-15-11-12-16-17-9-5-7-14-8-6-10-18(20(14)17)19(16)13-15/h5-13,24H,1-4H3. The van der Waals surface area contributed by atoms with Crippen molar-refractivity contribution in [2.75, 3.05) is 0 Å². The van der Waals surface area contributed by atoms with Gasteiger partial charge in [0.25, 0.3) is 0 Å². The number of hydrogen-bond donors (Lipinski definition) is 1. The molecule has 1 N–H and O–H groups in total. The van der Waals surface area contributed by atoms with Crippen LogP contribution in [0.2, 0.25) is 0 Å². The molecule has 3 aromatic rings. The smallest absolute Gasteiger partial charge is 0.330 e. The fourth-order valence-corrected chi connectivity index (χ4v) is 3.24. The Bertz CT molecular complexity index is 962. The first-order valence-electron chi connectivity index (χ1n) is 8.68. The minimum absolute atomic E-state index is 0.672. The Morgan fingerprint density at radius 2 is 1.44 bits per heavy atom. The molecular formula is C22H22BO2. The van der Waals surface area contributed by atoms with E-state index < -0.39 is 11.2 Å². The van der Waals surface area contributed by atoms with E-state index in [1.54, 1.807) is 21.3 Å². The quantitative estimate of drug-likeness (QED) is 0.566. The van der Waals surface area contributed by atoms with Crippen LogP contribution in [0.25, 0.3) is 33.0 Å².